The van der Waals surface area contributed by atoms with E-state index in [-0.39, 0.29) is 6.29 Å². The molecule has 0 bridgehead atoms. The lowest BCUT2D eigenvalue weighted by molar-refractivity contribution is -0.183. The number of hydrogen-bond donors (Lipinski definition) is 1. The molecule has 2 aromatic carbocycles. The highest BCUT2D eigenvalue weighted by Gasteiger charge is 2.16. The number of para-hydroxylation sites is 2. The number of H-pyrrole nitrogens is 1. The van der Waals surface area contributed by atoms with Crippen LogP contribution in [0.5, 0.6) is 5.75 Å². The van der Waals surface area contributed by atoms with Gasteiger partial charge in [-0.2, -0.15) is 0 Å². The second-order valence-electron chi connectivity index (χ2n) is 5.90. The van der Waals surface area contributed by atoms with E-state index in [1.54, 1.807) is 0 Å². The second-order valence-corrected chi connectivity index (χ2v) is 6.82. The number of ether oxygens (including phenoxy) is 3. The normalized spacial score (nSPS) is 15.6. The highest BCUT2D eigenvalue weighted by Crippen LogP contribution is 2.32. The lowest BCUT2D eigenvalue weighted by Gasteiger charge is -2.23. The molecule has 1 aliphatic heterocycles. The molecule has 6 heteroatoms. The van der Waals surface area contributed by atoms with Gasteiger partial charge < -0.3 is 19.2 Å². The summed E-state index contributed by atoms with van der Waals surface area (Å²) in [7, 11) is 0. The van der Waals surface area contributed by atoms with Crippen molar-refractivity contribution in [1.82, 2.24) is 9.97 Å². The molecule has 25 heavy (non-hydrogen) atoms. The van der Waals surface area contributed by atoms with Crippen molar-refractivity contribution >= 4 is 27.0 Å². The highest BCUT2D eigenvalue weighted by molar-refractivity contribution is 9.10. The smallest absolute Gasteiger partial charge is 0.160 e. The number of halogens is 1. The Hall–Kier alpha value is -1.89. The minimum atomic E-state index is -0.168. The first-order valence-electron chi connectivity index (χ1n) is 8.40. The van der Waals surface area contributed by atoms with Crippen molar-refractivity contribution in [3.63, 3.8) is 0 Å². The summed E-state index contributed by atoms with van der Waals surface area (Å²) in [6.45, 7) is 2.04. The summed E-state index contributed by atoms with van der Waals surface area (Å²) in [5.74, 6) is 1.58. The van der Waals surface area contributed by atoms with Crippen molar-refractivity contribution in [2.75, 3.05) is 19.8 Å². The van der Waals surface area contributed by atoms with Crippen LogP contribution in [0, 0.1) is 0 Å². The van der Waals surface area contributed by atoms with Gasteiger partial charge in [0.2, 0.25) is 0 Å². The van der Waals surface area contributed by atoms with E-state index in [0.29, 0.717) is 13.0 Å². The van der Waals surface area contributed by atoms with Gasteiger partial charge in [-0.15, -0.1) is 0 Å². The number of aromatic amines is 1. The van der Waals surface area contributed by atoms with Gasteiger partial charge in [0.1, 0.15) is 11.6 Å². The molecule has 0 amide bonds. The summed E-state index contributed by atoms with van der Waals surface area (Å²) in [5.41, 5.74) is 2.87. The zero-order valence-corrected chi connectivity index (χ0v) is 15.3. The van der Waals surface area contributed by atoms with Crippen LogP contribution in [0.3, 0.4) is 0 Å². The van der Waals surface area contributed by atoms with E-state index in [4.69, 9.17) is 14.2 Å². The summed E-state index contributed by atoms with van der Waals surface area (Å²) >= 11 is 3.53. The van der Waals surface area contributed by atoms with Gasteiger partial charge in [0.15, 0.2) is 6.29 Å². The lowest BCUT2D eigenvalue weighted by atomic mass is 10.2. The summed E-state index contributed by atoms with van der Waals surface area (Å²) in [6.07, 6.45) is 1.49. The number of benzene rings is 2. The van der Waals surface area contributed by atoms with E-state index in [1.165, 1.54) is 0 Å². The van der Waals surface area contributed by atoms with E-state index in [2.05, 4.69) is 25.9 Å². The summed E-state index contributed by atoms with van der Waals surface area (Å²) in [5, 5.41) is 0. The predicted octanol–water partition coefficient (Wildman–Crippen LogP) is 4.52. The average Bonchev–Trinajstić information content (AvgIpc) is 3.08. The molecule has 4 rings (SSSR count). The van der Waals surface area contributed by atoms with Crippen molar-refractivity contribution in [3.05, 3.63) is 46.9 Å². The number of nitrogens with one attached hydrogen (secondary N) is 1. The van der Waals surface area contributed by atoms with Crippen LogP contribution >= 0.6 is 15.9 Å². The fraction of sp³-hybridized carbons (Fsp3) is 0.316. The van der Waals surface area contributed by atoms with Crippen molar-refractivity contribution in [2.45, 2.75) is 19.1 Å². The van der Waals surface area contributed by atoms with Crippen LogP contribution in [-0.4, -0.2) is 36.1 Å². The fourth-order valence-corrected chi connectivity index (χ4v) is 3.22. The van der Waals surface area contributed by atoms with Crippen LogP contribution in [0.4, 0.5) is 0 Å². The molecule has 1 aliphatic rings. The monoisotopic (exact) mass is 402 g/mol. The van der Waals surface area contributed by atoms with E-state index in [1.807, 2.05) is 42.5 Å². The van der Waals surface area contributed by atoms with Crippen molar-refractivity contribution in [1.29, 1.82) is 0 Å². The maximum absolute atomic E-state index is 6.00. The van der Waals surface area contributed by atoms with Gasteiger partial charge in [-0.05, 0) is 36.8 Å². The van der Waals surface area contributed by atoms with Gasteiger partial charge in [-0.25, -0.2) is 4.98 Å². The van der Waals surface area contributed by atoms with Gasteiger partial charge in [0.25, 0.3) is 0 Å². The standard InChI is InChI=1S/C19H19BrN2O3/c20-13-6-7-17(23-11-8-18-24-9-3-10-25-18)14(12-13)19-21-15-4-1-2-5-16(15)22-19/h1-2,4-7,12,18H,3,8-11H2,(H,21,22). The van der Waals surface area contributed by atoms with E-state index in [0.717, 1.165) is 52.3 Å². The molecule has 2 heterocycles. The Bertz CT molecular complexity index is 826. The fourth-order valence-electron chi connectivity index (χ4n) is 2.86. The third-order valence-electron chi connectivity index (χ3n) is 4.09. The predicted molar refractivity (Wildman–Crippen MR) is 99.7 cm³/mol. The summed E-state index contributed by atoms with van der Waals surface area (Å²) in [6, 6.07) is 13.9. The molecule has 0 saturated carbocycles. The molecule has 1 fully saturated rings. The van der Waals surface area contributed by atoms with Crippen LogP contribution in [-0.2, 0) is 9.47 Å². The third-order valence-corrected chi connectivity index (χ3v) is 4.59. The topological polar surface area (TPSA) is 56.4 Å². The first-order chi connectivity index (χ1) is 12.3. The molecule has 5 nitrogen and oxygen atoms in total. The molecule has 1 N–H and O–H groups in total. The molecule has 0 radical (unpaired) electrons. The quantitative estimate of drug-likeness (QED) is 0.681. The SMILES string of the molecule is Brc1ccc(OCCC2OCCCO2)c(-c2nc3ccccc3[nH]2)c1. The van der Waals surface area contributed by atoms with Crippen LogP contribution in [0.1, 0.15) is 12.8 Å². The first-order valence-corrected chi connectivity index (χ1v) is 9.19. The van der Waals surface area contributed by atoms with Gasteiger partial charge >= 0.3 is 0 Å². The zero-order valence-electron chi connectivity index (χ0n) is 13.7. The number of imidazole rings is 1. The molecule has 0 aliphatic carbocycles. The van der Waals surface area contributed by atoms with Gasteiger partial charge in [-0.1, -0.05) is 28.1 Å². The maximum atomic E-state index is 6.00. The number of fused-ring (bicyclic) bond motifs is 1. The minimum Gasteiger partial charge on any atom is -0.493 e. The van der Waals surface area contributed by atoms with Crippen LogP contribution in [0.15, 0.2) is 46.9 Å². The van der Waals surface area contributed by atoms with Crippen LogP contribution < -0.4 is 4.74 Å². The average molecular weight is 403 g/mol. The molecule has 0 atom stereocenters. The highest BCUT2D eigenvalue weighted by atomic mass is 79.9. The Labute approximate surface area is 154 Å². The molecule has 1 aromatic heterocycles. The molecule has 130 valence electrons. The number of nitrogens with zero attached hydrogens (tertiary/aromatic N) is 1. The Morgan fingerprint density at radius 2 is 2.00 bits per heavy atom. The molecular weight excluding hydrogens is 384 g/mol. The van der Waals surface area contributed by atoms with Crippen molar-refractivity contribution in [3.8, 4) is 17.1 Å². The van der Waals surface area contributed by atoms with Gasteiger partial charge in [0, 0.05) is 10.9 Å². The summed E-state index contributed by atoms with van der Waals surface area (Å²) < 4.78 is 18.1. The molecule has 0 unspecified atom stereocenters. The van der Waals surface area contributed by atoms with Crippen molar-refractivity contribution < 1.29 is 14.2 Å². The number of hydrogen-bond acceptors (Lipinski definition) is 4. The number of aromatic nitrogens is 2. The second kappa shape index (κ2) is 7.56. The number of rotatable bonds is 5. The maximum Gasteiger partial charge on any atom is 0.160 e. The Morgan fingerprint density at radius 1 is 1.16 bits per heavy atom. The molecule has 0 spiro atoms. The Balaban J connectivity index is 1.53. The minimum absolute atomic E-state index is 0.168. The van der Waals surface area contributed by atoms with Crippen LogP contribution in [0.25, 0.3) is 22.4 Å². The Morgan fingerprint density at radius 3 is 2.84 bits per heavy atom. The van der Waals surface area contributed by atoms with Crippen molar-refractivity contribution in [2.24, 2.45) is 0 Å². The summed E-state index contributed by atoms with van der Waals surface area (Å²) in [4.78, 5) is 8.03. The van der Waals surface area contributed by atoms with E-state index >= 15 is 0 Å². The Kier molecular flexibility index (Phi) is 5.01. The first kappa shape index (κ1) is 16.6. The zero-order chi connectivity index (χ0) is 17.1. The van der Waals surface area contributed by atoms with Gasteiger partial charge in [-0.3, -0.25) is 0 Å². The van der Waals surface area contributed by atoms with E-state index < -0.39 is 0 Å². The molecule has 1 saturated heterocycles. The van der Waals surface area contributed by atoms with Crippen LogP contribution in [0.2, 0.25) is 0 Å². The van der Waals surface area contributed by atoms with E-state index in [9.17, 15) is 0 Å². The lowest BCUT2D eigenvalue weighted by Crippen LogP contribution is -2.26. The molecule has 3 aromatic rings. The van der Waals surface area contributed by atoms with Gasteiger partial charge in [0.05, 0.1) is 36.4 Å². The molecular formula is C19H19BrN2O3. The third kappa shape index (κ3) is 3.86. The largest absolute Gasteiger partial charge is 0.493 e.